The monoisotopic (exact) mass is 449 g/mol. The van der Waals surface area contributed by atoms with E-state index < -0.39 is 0 Å². The molecule has 33 heavy (non-hydrogen) atoms. The van der Waals surface area contributed by atoms with Crippen LogP contribution in [0.5, 0.6) is 0 Å². The Kier molecular flexibility index (Phi) is 4.36. The molecule has 0 unspecified atom stereocenters. The normalized spacial score (nSPS) is 16.5. The minimum Gasteiger partial charge on any atom is -0.255 e. The molecule has 0 spiro atoms. The maximum Gasteiger partial charge on any atom is 0.0880 e. The van der Waals surface area contributed by atoms with Gasteiger partial charge in [0.25, 0.3) is 0 Å². The van der Waals surface area contributed by atoms with Gasteiger partial charge in [0.05, 0.1) is 10.4 Å². The summed E-state index contributed by atoms with van der Waals surface area (Å²) in [5, 5.41) is 5.47. The summed E-state index contributed by atoms with van der Waals surface area (Å²) in [6.07, 6.45) is 3.10. The lowest BCUT2D eigenvalue weighted by molar-refractivity contribution is 0.322. The van der Waals surface area contributed by atoms with Gasteiger partial charge in [-0.2, -0.15) is 0 Å². The highest BCUT2D eigenvalue weighted by Gasteiger charge is 2.47. The van der Waals surface area contributed by atoms with E-state index in [1.807, 2.05) is 17.5 Å². The Hall–Kier alpha value is -2.71. The summed E-state index contributed by atoms with van der Waals surface area (Å²) in [6.45, 7) is 14.2. The summed E-state index contributed by atoms with van der Waals surface area (Å²) in [4.78, 5) is 4.96. The van der Waals surface area contributed by atoms with E-state index in [0.29, 0.717) is 5.92 Å². The molecule has 1 aliphatic rings. The predicted molar refractivity (Wildman–Crippen MR) is 145 cm³/mol. The average Bonchev–Trinajstić information content (AvgIpc) is 3.23. The van der Waals surface area contributed by atoms with E-state index in [-0.39, 0.29) is 10.8 Å². The molecule has 2 aromatic heterocycles. The molecule has 0 bridgehead atoms. The zero-order chi connectivity index (χ0) is 23.1. The van der Waals surface area contributed by atoms with Gasteiger partial charge in [0.15, 0.2) is 0 Å². The minimum atomic E-state index is 0.0590. The van der Waals surface area contributed by atoms with Crippen LogP contribution < -0.4 is 0 Å². The van der Waals surface area contributed by atoms with Crippen molar-refractivity contribution in [2.45, 2.75) is 58.8 Å². The van der Waals surface area contributed by atoms with Gasteiger partial charge in [-0.1, -0.05) is 77.9 Å². The molecule has 0 radical (unpaired) electrons. The lowest BCUT2D eigenvalue weighted by Crippen LogP contribution is -2.35. The number of hydrogen-bond donors (Lipinski definition) is 0. The van der Waals surface area contributed by atoms with Crippen molar-refractivity contribution in [2.24, 2.45) is 5.92 Å². The molecule has 0 aliphatic heterocycles. The number of pyridine rings is 1. The van der Waals surface area contributed by atoms with Gasteiger partial charge < -0.3 is 0 Å². The highest BCUT2D eigenvalue weighted by atomic mass is 32.1. The first kappa shape index (κ1) is 20.9. The van der Waals surface area contributed by atoms with Crippen molar-refractivity contribution >= 4 is 42.3 Å². The van der Waals surface area contributed by atoms with Crippen molar-refractivity contribution in [2.75, 3.05) is 0 Å². The molecule has 0 atom stereocenters. The van der Waals surface area contributed by atoms with E-state index in [0.717, 1.165) is 12.1 Å². The third-order valence-corrected chi connectivity index (χ3v) is 9.59. The first-order valence-corrected chi connectivity index (χ1v) is 12.9. The van der Waals surface area contributed by atoms with E-state index >= 15 is 0 Å². The Balaban J connectivity index is 1.64. The van der Waals surface area contributed by atoms with Crippen LogP contribution in [0.3, 0.4) is 0 Å². The molecule has 5 aromatic rings. The average molecular weight is 450 g/mol. The quantitative estimate of drug-likeness (QED) is 0.268. The number of thiophene rings is 1. The van der Waals surface area contributed by atoms with Gasteiger partial charge in [0.1, 0.15) is 0 Å². The largest absolute Gasteiger partial charge is 0.255 e. The summed E-state index contributed by atoms with van der Waals surface area (Å²) >= 11 is 1.92. The number of rotatable bonds is 3. The Morgan fingerprint density at radius 2 is 1.55 bits per heavy atom. The van der Waals surface area contributed by atoms with Gasteiger partial charge in [-0.25, -0.2) is 0 Å². The van der Waals surface area contributed by atoms with E-state index in [1.165, 1.54) is 53.2 Å². The Morgan fingerprint density at radius 3 is 2.33 bits per heavy atom. The second kappa shape index (κ2) is 6.90. The maximum atomic E-state index is 4.96. The van der Waals surface area contributed by atoms with Crippen LogP contribution in [-0.4, -0.2) is 4.98 Å². The Bertz CT molecular complexity index is 1570. The van der Waals surface area contributed by atoms with Crippen molar-refractivity contribution in [3.8, 4) is 11.3 Å². The third kappa shape index (κ3) is 2.80. The number of nitrogens with zero attached hydrogens (tertiary/aromatic N) is 1. The number of fused-ring (bicyclic) bond motifs is 3. The molecule has 6 rings (SSSR count). The number of aromatic nitrogens is 1. The van der Waals surface area contributed by atoms with Crippen LogP contribution in [0.4, 0.5) is 0 Å². The smallest absolute Gasteiger partial charge is 0.0880 e. The fraction of sp³-hybridized carbons (Fsp3) is 0.323. The molecule has 166 valence electrons. The summed E-state index contributed by atoms with van der Waals surface area (Å²) in [7, 11) is 0. The molecule has 2 heterocycles. The fourth-order valence-corrected chi connectivity index (χ4v) is 7.17. The molecule has 1 nitrogen and oxygen atoms in total. The van der Waals surface area contributed by atoms with Gasteiger partial charge in [-0.15, -0.1) is 11.3 Å². The molecular formula is C31H31NS. The maximum absolute atomic E-state index is 4.96. The summed E-state index contributed by atoms with van der Waals surface area (Å²) < 4.78 is 2.73. The van der Waals surface area contributed by atoms with Gasteiger partial charge in [0.2, 0.25) is 0 Å². The van der Waals surface area contributed by atoms with Crippen LogP contribution in [0.25, 0.3) is 42.2 Å². The third-order valence-electron chi connectivity index (χ3n) is 8.28. The van der Waals surface area contributed by atoms with Crippen molar-refractivity contribution < 1.29 is 0 Å². The summed E-state index contributed by atoms with van der Waals surface area (Å²) in [6, 6.07) is 20.6. The van der Waals surface area contributed by atoms with Crippen molar-refractivity contribution in [3.05, 3.63) is 77.5 Å². The molecule has 1 aliphatic carbocycles. The van der Waals surface area contributed by atoms with Crippen LogP contribution in [0.2, 0.25) is 0 Å². The molecule has 3 aromatic carbocycles. The first-order chi connectivity index (χ1) is 15.7. The predicted octanol–water partition coefficient (Wildman–Crippen LogP) is 9.04. The zero-order valence-electron chi connectivity index (χ0n) is 20.4. The topological polar surface area (TPSA) is 12.9 Å². The highest BCUT2D eigenvalue weighted by Crippen LogP contribution is 2.55. The SMILES string of the molecule is CC(C)Cc1cccc2c1sc1c(-c3cc4c5c(cccc5c3)C(C)(C)C4(C)C)nccc12. The van der Waals surface area contributed by atoms with E-state index in [2.05, 4.69) is 96.1 Å². The minimum absolute atomic E-state index is 0.0590. The fourth-order valence-electron chi connectivity index (χ4n) is 5.84. The molecular weight excluding hydrogens is 418 g/mol. The lowest BCUT2D eigenvalue weighted by atomic mass is 9.66. The second-order valence-corrected chi connectivity index (χ2v) is 12.2. The lowest BCUT2D eigenvalue weighted by Gasteiger charge is -2.37. The van der Waals surface area contributed by atoms with Crippen LogP contribution in [0.15, 0.2) is 60.8 Å². The van der Waals surface area contributed by atoms with Crippen LogP contribution in [-0.2, 0) is 17.3 Å². The molecule has 0 amide bonds. The first-order valence-electron chi connectivity index (χ1n) is 12.1. The van der Waals surface area contributed by atoms with Crippen molar-refractivity contribution in [1.82, 2.24) is 4.98 Å². The van der Waals surface area contributed by atoms with Crippen LogP contribution in [0.1, 0.15) is 58.2 Å². The Morgan fingerprint density at radius 1 is 0.818 bits per heavy atom. The van der Waals surface area contributed by atoms with Gasteiger partial charge in [0, 0.05) is 27.2 Å². The molecule has 0 fully saturated rings. The zero-order valence-corrected chi connectivity index (χ0v) is 21.2. The van der Waals surface area contributed by atoms with Crippen LogP contribution >= 0.6 is 11.3 Å². The second-order valence-electron chi connectivity index (χ2n) is 11.2. The number of benzene rings is 3. The Labute approximate surface area is 200 Å². The van der Waals surface area contributed by atoms with Gasteiger partial charge >= 0.3 is 0 Å². The molecule has 0 saturated heterocycles. The summed E-state index contributed by atoms with van der Waals surface area (Å²) in [5.41, 5.74) is 6.89. The van der Waals surface area contributed by atoms with Gasteiger partial charge in [-0.3, -0.25) is 4.98 Å². The molecule has 0 N–H and O–H groups in total. The number of hydrogen-bond acceptors (Lipinski definition) is 2. The van der Waals surface area contributed by atoms with Crippen molar-refractivity contribution in [1.29, 1.82) is 0 Å². The van der Waals surface area contributed by atoms with Crippen LogP contribution in [0, 0.1) is 5.92 Å². The highest BCUT2D eigenvalue weighted by molar-refractivity contribution is 7.26. The molecule has 0 saturated carbocycles. The van der Waals surface area contributed by atoms with E-state index in [1.54, 1.807) is 0 Å². The van der Waals surface area contributed by atoms with E-state index in [9.17, 15) is 0 Å². The standard InChI is InChI=1S/C31H31NS/c1-18(2)15-20-10-7-11-22-23-13-14-32-27(29(23)33-28(20)22)21-16-19-9-8-12-24-26(19)25(17-21)31(5,6)30(24,3)4/h7-14,16-18H,15H2,1-6H3. The van der Waals surface area contributed by atoms with Gasteiger partial charge in [-0.05, 0) is 68.8 Å². The summed E-state index contributed by atoms with van der Waals surface area (Å²) in [5.74, 6) is 0.642. The van der Waals surface area contributed by atoms with E-state index in [4.69, 9.17) is 4.98 Å². The van der Waals surface area contributed by atoms with Crippen molar-refractivity contribution in [3.63, 3.8) is 0 Å². The molecule has 2 heteroatoms.